The van der Waals surface area contributed by atoms with E-state index in [1.54, 1.807) is 30.3 Å². The standard InChI is InChI=1S/C11H8Cl2O2/c12-8-3-1-7(2-4-8)10(14)9-5-6-15-11(9)13/h1-6,10,14H. The molecule has 1 aromatic carbocycles. The summed E-state index contributed by atoms with van der Waals surface area (Å²) in [6.45, 7) is 0. The molecule has 78 valence electrons. The zero-order valence-corrected chi connectivity index (χ0v) is 9.16. The highest BCUT2D eigenvalue weighted by Gasteiger charge is 2.15. The number of hydrogen-bond donors (Lipinski definition) is 1. The van der Waals surface area contributed by atoms with Crippen molar-refractivity contribution < 1.29 is 9.52 Å². The first kappa shape index (κ1) is 10.6. The van der Waals surface area contributed by atoms with E-state index in [2.05, 4.69) is 0 Å². The molecule has 0 amide bonds. The number of furan rings is 1. The number of hydrogen-bond acceptors (Lipinski definition) is 2. The van der Waals surface area contributed by atoms with E-state index >= 15 is 0 Å². The Balaban J connectivity index is 2.32. The quantitative estimate of drug-likeness (QED) is 0.872. The van der Waals surface area contributed by atoms with Crippen LogP contribution in [-0.2, 0) is 0 Å². The van der Waals surface area contributed by atoms with Gasteiger partial charge < -0.3 is 9.52 Å². The van der Waals surface area contributed by atoms with Gasteiger partial charge in [-0.25, -0.2) is 0 Å². The number of aliphatic hydroxyl groups excluding tert-OH is 1. The van der Waals surface area contributed by atoms with E-state index in [0.29, 0.717) is 10.6 Å². The maximum absolute atomic E-state index is 9.96. The van der Waals surface area contributed by atoms with Crippen LogP contribution in [0.5, 0.6) is 0 Å². The average molecular weight is 243 g/mol. The van der Waals surface area contributed by atoms with Gasteiger partial charge in [0, 0.05) is 10.6 Å². The van der Waals surface area contributed by atoms with Gasteiger partial charge in [0.2, 0.25) is 0 Å². The summed E-state index contributed by atoms with van der Waals surface area (Å²) in [5, 5.41) is 10.8. The molecule has 2 rings (SSSR count). The Labute approximate surface area is 97.0 Å². The molecule has 1 unspecified atom stereocenters. The molecule has 0 saturated carbocycles. The molecule has 0 saturated heterocycles. The molecule has 1 heterocycles. The zero-order valence-electron chi connectivity index (χ0n) is 7.65. The summed E-state index contributed by atoms with van der Waals surface area (Å²) in [6.07, 6.45) is 0.657. The molecule has 1 aromatic heterocycles. The summed E-state index contributed by atoms with van der Waals surface area (Å²) in [5.41, 5.74) is 1.28. The van der Waals surface area contributed by atoms with Gasteiger partial charge in [0.1, 0.15) is 6.10 Å². The SMILES string of the molecule is OC(c1ccc(Cl)cc1)c1ccoc1Cl. The van der Waals surface area contributed by atoms with E-state index in [4.69, 9.17) is 27.6 Å². The van der Waals surface area contributed by atoms with E-state index in [-0.39, 0.29) is 5.22 Å². The highest BCUT2D eigenvalue weighted by Crippen LogP contribution is 2.29. The lowest BCUT2D eigenvalue weighted by Gasteiger charge is -2.09. The first-order valence-corrected chi connectivity index (χ1v) is 5.10. The predicted octanol–water partition coefficient (Wildman–Crippen LogP) is 3.67. The van der Waals surface area contributed by atoms with E-state index < -0.39 is 6.10 Å². The minimum Gasteiger partial charge on any atom is -0.453 e. The summed E-state index contributed by atoms with van der Waals surface area (Å²) in [5.74, 6) is 0. The highest BCUT2D eigenvalue weighted by molar-refractivity contribution is 6.30. The molecule has 1 N–H and O–H groups in total. The lowest BCUT2D eigenvalue weighted by molar-refractivity contribution is 0.219. The summed E-state index contributed by atoms with van der Waals surface area (Å²) in [4.78, 5) is 0. The minimum atomic E-state index is -0.784. The minimum absolute atomic E-state index is 0.206. The van der Waals surface area contributed by atoms with Crippen molar-refractivity contribution in [3.63, 3.8) is 0 Å². The summed E-state index contributed by atoms with van der Waals surface area (Å²) in [7, 11) is 0. The Kier molecular flexibility index (Phi) is 3.00. The molecule has 0 radical (unpaired) electrons. The van der Waals surface area contributed by atoms with Crippen LogP contribution in [0.15, 0.2) is 41.0 Å². The lowest BCUT2D eigenvalue weighted by atomic mass is 10.0. The third-order valence-corrected chi connectivity index (χ3v) is 2.69. The second-order valence-electron chi connectivity index (χ2n) is 3.10. The van der Waals surface area contributed by atoms with Crippen LogP contribution in [0, 0.1) is 0 Å². The van der Waals surface area contributed by atoms with Crippen LogP contribution >= 0.6 is 23.2 Å². The fourth-order valence-corrected chi connectivity index (χ4v) is 1.67. The van der Waals surface area contributed by atoms with Gasteiger partial charge in [-0.15, -0.1) is 0 Å². The Bertz CT molecular complexity index is 448. The number of aliphatic hydroxyl groups is 1. The zero-order chi connectivity index (χ0) is 10.8. The van der Waals surface area contributed by atoms with E-state index in [1.807, 2.05) is 0 Å². The normalized spacial score (nSPS) is 12.7. The van der Waals surface area contributed by atoms with Crippen molar-refractivity contribution in [3.8, 4) is 0 Å². The second-order valence-corrected chi connectivity index (χ2v) is 3.88. The van der Waals surface area contributed by atoms with Gasteiger partial charge in [-0.05, 0) is 35.4 Å². The summed E-state index contributed by atoms with van der Waals surface area (Å²) in [6, 6.07) is 8.57. The molecular formula is C11H8Cl2O2. The maximum atomic E-state index is 9.96. The largest absolute Gasteiger partial charge is 0.453 e. The molecule has 0 spiro atoms. The van der Waals surface area contributed by atoms with Crippen LogP contribution in [0.2, 0.25) is 10.2 Å². The van der Waals surface area contributed by atoms with Gasteiger partial charge in [0.05, 0.1) is 6.26 Å². The Morgan fingerprint density at radius 3 is 2.27 bits per heavy atom. The first-order valence-electron chi connectivity index (χ1n) is 4.35. The van der Waals surface area contributed by atoms with Gasteiger partial charge in [-0.1, -0.05) is 23.7 Å². The highest BCUT2D eigenvalue weighted by atomic mass is 35.5. The molecule has 0 aliphatic rings. The third kappa shape index (κ3) is 2.17. The summed E-state index contributed by atoms with van der Waals surface area (Å²) < 4.78 is 4.91. The maximum Gasteiger partial charge on any atom is 0.199 e. The topological polar surface area (TPSA) is 33.4 Å². The molecule has 15 heavy (non-hydrogen) atoms. The summed E-state index contributed by atoms with van der Waals surface area (Å²) >= 11 is 11.5. The van der Waals surface area contributed by atoms with Crippen LogP contribution in [0.1, 0.15) is 17.2 Å². The smallest absolute Gasteiger partial charge is 0.199 e. The Hall–Kier alpha value is -0.960. The van der Waals surface area contributed by atoms with Crippen molar-refractivity contribution in [3.05, 3.63) is 58.0 Å². The van der Waals surface area contributed by atoms with Crippen molar-refractivity contribution >= 4 is 23.2 Å². The van der Waals surface area contributed by atoms with Crippen molar-refractivity contribution in [2.75, 3.05) is 0 Å². The number of rotatable bonds is 2. The van der Waals surface area contributed by atoms with E-state index in [9.17, 15) is 5.11 Å². The fraction of sp³-hybridized carbons (Fsp3) is 0.0909. The average Bonchev–Trinajstić information content (AvgIpc) is 2.65. The fourth-order valence-electron chi connectivity index (χ4n) is 1.32. The van der Waals surface area contributed by atoms with Gasteiger partial charge in [-0.2, -0.15) is 0 Å². The second kappa shape index (κ2) is 4.27. The number of halogens is 2. The van der Waals surface area contributed by atoms with Gasteiger partial charge in [0.25, 0.3) is 0 Å². The van der Waals surface area contributed by atoms with Crippen molar-refractivity contribution in [1.29, 1.82) is 0 Å². The molecule has 0 bridgehead atoms. The van der Waals surface area contributed by atoms with Crippen molar-refractivity contribution in [2.45, 2.75) is 6.10 Å². The van der Waals surface area contributed by atoms with Gasteiger partial charge in [-0.3, -0.25) is 0 Å². The van der Waals surface area contributed by atoms with Crippen molar-refractivity contribution in [2.24, 2.45) is 0 Å². The molecule has 2 nitrogen and oxygen atoms in total. The predicted molar refractivity (Wildman–Crippen MR) is 59.2 cm³/mol. The van der Waals surface area contributed by atoms with Crippen LogP contribution < -0.4 is 0 Å². The van der Waals surface area contributed by atoms with E-state index in [0.717, 1.165) is 5.56 Å². The molecular weight excluding hydrogens is 235 g/mol. The lowest BCUT2D eigenvalue weighted by Crippen LogP contribution is -1.98. The third-order valence-electron chi connectivity index (χ3n) is 2.13. The molecule has 2 aromatic rings. The van der Waals surface area contributed by atoms with Crippen LogP contribution in [0.3, 0.4) is 0 Å². The van der Waals surface area contributed by atoms with Crippen molar-refractivity contribution in [1.82, 2.24) is 0 Å². The van der Waals surface area contributed by atoms with Crippen LogP contribution in [0.4, 0.5) is 0 Å². The Morgan fingerprint density at radius 2 is 1.73 bits per heavy atom. The molecule has 1 atom stereocenters. The number of benzene rings is 1. The van der Waals surface area contributed by atoms with Gasteiger partial charge >= 0.3 is 0 Å². The first-order chi connectivity index (χ1) is 7.18. The monoisotopic (exact) mass is 242 g/mol. The molecule has 0 fully saturated rings. The Morgan fingerprint density at radius 1 is 1.07 bits per heavy atom. The molecule has 0 aliphatic carbocycles. The molecule has 0 aliphatic heterocycles. The van der Waals surface area contributed by atoms with Crippen LogP contribution in [-0.4, -0.2) is 5.11 Å². The van der Waals surface area contributed by atoms with Gasteiger partial charge in [0.15, 0.2) is 5.22 Å². The van der Waals surface area contributed by atoms with Crippen LogP contribution in [0.25, 0.3) is 0 Å². The molecule has 4 heteroatoms. The van der Waals surface area contributed by atoms with E-state index in [1.165, 1.54) is 6.26 Å².